The average molecular weight is 247 g/mol. The summed E-state index contributed by atoms with van der Waals surface area (Å²) in [5.41, 5.74) is 0.604. The van der Waals surface area contributed by atoms with Gasteiger partial charge in [-0.15, -0.1) is 0 Å². The number of hydrogen-bond donors (Lipinski definition) is 1. The Hall–Kier alpha value is -2.44. The number of methoxy groups -OCH3 is 1. The van der Waals surface area contributed by atoms with Crippen LogP contribution in [0, 0.1) is 0 Å². The fourth-order valence-electron chi connectivity index (χ4n) is 1.36. The van der Waals surface area contributed by atoms with Gasteiger partial charge in [0.25, 0.3) is 0 Å². The molecule has 0 saturated carbocycles. The van der Waals surface area contributed by atoms with Crippen molar-refractivity contribution in [3.8, 4) is 5.88 Å². The van der Waals surface area contributed by atoms with Gasteiger partial charge in [0.1, 0.15) is 18.7 Å². The van der Waals surface area contributed by atoms with E-state index in [1.54, 1.807) is 19.1 Å². The maximum Gasteiger partial charge on any atom is 0.249 e. The highest BCUT2D eigenvalue weighted by Gasteiger charge is 2.15. The van der Waals surface area contributed by atoms with E-state index in [2.05, 4.69) is 20.4 Å². The summed E-state index contributed by atoms with van der Waals surface area (Å²) in [6.45, 7) is 1.74. The van der Waals surface area contributed by atoms with Gasteiger partial charge < -0.3 is 10.1 Å². The van der Waals surface area contributed by atoms with E-state index < -0.39 is 6.04 Å². The summed E-state index contributed by atoms with van der Waals surface area (Å²) in [7, 11) is 1.54. The molecule has 2 aromatic heterocycles. The number of carbonyl (C=O) groups is 1. The number of amides is 1. The first-order chi connectivity index (χ1) is 8.70. The van der Waals surface area contributed by atoms with Gasteiger partial charge in [0, 0.05) is 6.07 Å². The van der Waals surface area contributed by atoms with Gasteiger partial charge >= 0.3 is 0 Å². The Bertz CT molecular complexity index is 509. The molecule has 1 N–H and O–H groups in total. The summed E-state index contributed by atoms with van der Waals surface area (Å²) in [5, 5.41) is 6.65. The van der Waals surface area contributed by atoms with Crippen LogP contribution in [0.2, 0.25) is 0 Å². The smallest absolute Gasteiger partial charge is 0.249 e. The first kappa shape index (κ1) is 12.0. The second kappa shape index (κ2) is 5.26. The maximum absolute atomic E-state index is 11.9. The Morgan fingerprint density at radius 3 is 2.89 bits per heavy atom. The van der Waals surface area contributed by atoms with Crippen LogP contribution in [-0.4, -0.2) is 32.8 Å². The van der Waals surface area contributed by atoms with Crippen LogP contribution >= 0.6 is 0 Å². The summed E-state index contributed by atoms with van der Waals surface area (Å²) in [5.74, 6) is 0.310. The number of anilines is 1. The number of nitrogens with one attached hydrogen (secondary N) is 1. The molecular weight excluding hydrogens is 234 g/mol. The minimum Gasteiger partial charge on any atom is -0.481 e. The summed E-state index contributed by atoms with van der Waals surface area (Å²) >= 11 is 0. The molecule has 0 aliphatic rings. The van der Waals surface area contributed by atoms with Crippen LogP contribution in [0.3, 0.4) is 0 Å². The number of carbonyl (C=O) groups excluding carboxylic acids is 1. The monoisotopic (exact) mass is 247 g/mol. The van der Waals surface area contributed by atoms with Crippen molar-refractivity contribution < 1.29 is 9.53 Å². The maximum atomic E-state index is 11.9. The van der Waals surface area contributed by atoms with E-state index in [0.29, 0.717) is 11.6 Å². The van der Waals surface area contributed by atoms with Crippen LogP contribution in [-0.2, 0) is 4.79 Å². The molecule has 94 valence electrons. The van der Waals surface area contributed by atoms with Crippen molar-refractivity contribution in [3.05, 3.63) is 31.0 Å². The van der Waals surface area contributed by atoms with E-state index in [9.17, 15) is 4.79 Å². The summed E-state index contributed by atoms with van der Waals surface area (Å²) in [4.78, 5) is 19.7. The van der Waals surface area contributed by atoms with Crippen molar-refractivity contribution in [1.82, 2.24) is 19.7 Å². The van der Waals surface area contributed by atoms with Gasteiger partial charge in [-0.25, -0.2) is 14.6 Å². The standard InChI is InChI=1S/C11H13N5O2/c1-8(16-7-12-6-14-16)11(17)15-9-3-4-10(18-2)13-5-9/h3-8H,1-2H3,(H,15,17)/t8-/m0/s1. The van der Waals surface area contributed by atoms with Crippen molar-refractivity contribution >= 4 is 11.6 Å². The molecule has 7 heteroatoms. The molecule has 0 aliphatic carbocycles. The zero-order valence-corrected chi connectivity index (χ0v) is 10.1. The predicted molar refractivity (Wildman–Crippen MR) is 64.2 cm³/mol. The van der Waals surface area contributed by atoms with Crippen LogP contribution in [0.15, 0.2) is 31.0 Å². The largest absolute Gasteiger partial charge is 0.481 e. The number of aromatic nitrogens is 4. The Labute approximate surface area is 104 Å². The number of hydrogen-bond acceptors (Lipinski definition) is 5. The molecule has 0 spiro atoms. The normalized spacial score (nSPS) is 11.9. The zero-order valence-electron chi connectivity index (χ0n) is 10.1. The van der Waals surface area contributed by atoms with E-state index in [4.69, 9.17) is 4.74 Å². The Kier molecular flexibility index (Phi) is 3.52. The summed E-state index contributed by atoms with van der Waals surface area (Å²) in [6, 6.07) is 2.96. The second-order valence-electron chi connectivity index (χ2n) is 3.63. The fraction of sp³-hybridized carbons (Fsp3) is 0.273. The third-order valence-corrected chi connectivity index (χ3v) is 2.43. The average Bonchev–Trinajstić information content (AvgIpc) is 2.92. The van der Waals surface area contributed by atoms with Crippen molar-refractivity contribution in [2.24, 2.45) is 0 Å². The van der Waals surface area contributed by atoms with Crippen LogP contribution in [0.4, 0.5) is 5.69 Å². The van der Waals surface area contributed by atoms with E-state index in [0.717, 1.165) is 0 Å². The number of nitrogens with zero attached hydrogens (tertiary/aromatic N) is 4. The van der Waals surface area contributed by atoms with Gasteiger partial charge in [0.05, 0.1) is 19.0 Å². The van der Waals surface area contributed by atoms with Crippen molar-refractivity contribution in [1.29, 1.82) is 0 Å². The third kappa shape index (κ3) is 2.62. The molecular formula is C11H13N5O2. The first-order valence-corrected chi connectivity index (χ1v) is 5.35. The molecule has 18 heavy (non-hydrogen) atoms. The van der Waals surface area contributed by atoms with E-state index in [-0.39, 0.29) is 5.91 Å². The molecule has 2 heterocycles. The van der Waals surface area contributed by atoms with Crippen LogP contribution < -0.4 is 10.1 Å². The number of pyridine rings is 1. The van der Waals surface area contributed by atoms with Crippen LogP contribution in [0.25, 0.3) is 0 Å². The van der Waals surface area contributed by atoms with Gasteiger partial charge in [-0.1, -0.05) is 0 Å². The molecule has 0 saturated heterocycles. The summed E-state index contributed by atoms with van der Waals surface area (Å²) in [6.07, 6.45) is 4.42. The lowest BCUT2D eigenvalue weighted by molar-refractivity contribution is -0.119. The highest BCUT2D eigenvalue weighted by Crippen LogP contribution is 2.13. The molecule has 0 bridgehead atoms. The Morgan fingerprint density at radius 1 is 1.50 bits per heavy atom. The molecule has 7 nitrogen and oxygen atoms in total. The zero-order chi connectivity index (χ0) is 13.0. The third-order valence-electron chi connectivity index (χ3n) is 2.43. The van der Waals surface area contributed by atoms with Gasteiger partial charge in [-0.2, -0.15) is 5.10 Å². The van der Waals surface area contributed by atoms with Crippen molar-refractivity contribution in [2.45, 2.75) is 13.0 Å². The van der Waals surface area contributed by atoms with E-state index >= 15 is 0 Å². The quantitative estimate of drug-likeness (QED) is 0.867. The highest BCUT2D eigenvalue weighted by molar-refractivity contribution is 5.93. The van der Waals surface area contributed by atoms with Gasteiger partial charge in [-0.3, -0.25) is 4.79 Å². The van der Waals surface area contributed by atoms with Crippen LogP contribution in [0.5, 0.6) is 5.88 Å². The first-order valence-electron chi connectivity index (χ1n) is 5.35. The molecule has 0 unspecified atom stereocenters. The molecule has 0 radical (unpaired) electrons. The molecule has 2 rings (SSSR count). The minimum atomic E-state index is -0.436. The molecule has 0 fully saturated rings. The molecule has 1 amide bonds. The molecule has 1 atom stereocenters. The minimum absolute atomic E-state index is 0.188. The topological polar surface area (TPSA) is 81.9 Å². The Balaban J connectivity index is 2.02. The second-order valence-corrected chi connectivity index (χ2v) is 3.63. The van der Waals surface area contributed by atoms with Crippen molar-refractivity contribution in [2.75, 3.05) is 12.4 Å². The summed E-state index contributed by atoms with van der Waals surface area (Å²) < 4.78 is 6.41. The lowest BCUT2D eigenvalue weighted by Gasteiger charge is -2.11. The van der Waals surface area contributed by atoms with Crippen molar-refractivity contribution in [3.63, 3.8) is 0 Å². The predicted octanol–water partition coefficient (Wildman–Crippen LogP) is 0.881. The van der Waals surface area contributed by atoms with Gasteiger partial charge in [-0.05, 0) is 13.0 Å². The Morgan fingerprint density at radius 2 is 2.33 bits per heavy atom. The SMILES string of the molecule is COc1ccc(NC(=O)[C@H](C)n2cncn2)cn1. The van der Waals surface area contributed by atoms with E-state index in [1.807, 2.05) is 0 Å². The lowest BCUT2D eigenvalue weighted by atomic mass is 10.3. The number of ether oxygens (including phenoxy) is 1. The van der Waals surface area contributed by atoms with E-state index in [1.165, 1.54) is 30.6 Å². The number of rotatable bonds is 4. The molecule has 0 aliphatic heterocycles. The molecule has 2 aromatic rings. The fourth-order valence-corrected chi connectivity index (χ4v) is 1.36. The lowest BCUT2D eigenvalue weighted by Crippen LogP contribution is -2.24. The molecule has 0 aromatic carbocycles. The van der Waals surface area contributed by atoms with Crippen LogP contribution in [0.1, 0.15) is 13.0 Å². The van der Waals surface area contributed by atoms with Gasteiger partial charge in [0.15, 0.2) is 0 Å². The van der Waals surface area contributed by atoms with Gasteiger partial charge in [0.2, 0.25) is 11.8 Å². The highest BCUT2D eigenvalue weighted by atomic mass is 16.5.